The number of rotatable bonds is 2. The van der Waals surface area contributed by atoms with Crippen molar-refractivity contribution in [3.63, 3.8) is 0 Å². The molecular weight excluding hydrogens is 342 g/mol. The molecule has 0 bridgehead atoms. The molecular formula is C19H19N7O. The third-order valence-corrected chi connectivity index (χ3v) is 4.86. The van der Waals surface area contributed by atoms with Gasteiger partial charge in [0.15, 0.2) is 0 Å². The second-order valence-corrected chi connectivity index (χ2v) is 6.61. The van der Waals surface area contributed by atoms with Gasteiger partial charge in [-0.1, -0.05) is 0 Å². The monoisotopic (exact) mass is 361 g/mol. The molecule has 8 heteroatoms. The van der Waals surface area contributed by atoms with Gasteiger partial charge in [-0.3, -0.25) is 9.20 Å². The molecule has 0 aliphatic carbocycles. The largest absolute Gasteiger partial charge is 0.353 e. The number of aryl methyl sites for hydroxylation is 2. The second kappa shape index (κ2) is 6.68. The van der Waals surface area contributed by atoms with E-state index in [0.29, 0.717) is 43.1 Å². The summed E-state index contributed by atoms with van der Waals surface area (Å²) in [7, 11) is 0. The Labute approximate surface area is 156 Å². The number of anilines is 1. The van der Waals surface area contributed by atoms with Crippen LogP contribution in [-0.4, -0.2) is 56.6 Å². The van der Waals surface area contributed by atoms with Gasteiger partial charge in [-0.05, 0) is 38.1 Å². The van der Waals surface area contributed by atoms with Crippen molar-refractivity contribution < 1.29 is 4.79 Å². The lowest BCUT2D eigenvalue weighted by molar-refractivity contribution is 0.0746. The van der Waals surface area contributed by atoms with Gasteiger partial charge in [0.05, 0.1) is 11.6 Å². The first-order chi connectivity index (χ1) is 13.1. The zero-order chi connectivity index (χ0) is 19.0. The van der Waals surface area contributed by atoms with Gasteiger partial charge >= 0.3 is 0 Å². The SMILES string of the molecule is Cc1cc(N2CCN(C(=O)c3ccc(C#N)cc3)CC2)nc2nnc(C)n12. The van der Waals surface area contributed by atoms with Gasteiger partial charge in [0.1, 0.15) is 11.6 Å². The Bertz CT molecular complexity index is 1040. The van der Waals surface area contributed by atoms with Gasteiger partial charge in [-0.2, -0.15) is 10.2 Å². The minimum absolute atomic E-state index is 0.00758. The highest BCUT2D eigenvalue weighted by Gasteiger charge is 2.23. The summed E-state index contributed by atoms with van der Waals surface area (Å²) >= 11 is 0. The average molecular weight is 361 g/mol. The second-order valence-electron chi connectivity index (χ2n) is 6.61. The van der Waals surface area contributed by atoms with Crippen molar-refractivity contribution >= 4 is 17.5 Å². The van der Waals surface area contributed by atoms with Crippen LogP contribution in [0.2, 0.25) is 0 Å². The highest BCUT2D eigenvalue weighted by Crippen LogP contribution is 2.18. The van der Waals surface area contributed by atoms with Gasteiger partial charge in [0.2, 0.25) is 0 Å². The Kier molecular flexibility index (Phi) is 4.20. The van der Waals surface area contributed by atoms with E-state index in [1.165, 1.54) is 0 Å². The lowest BCUT2D eigenvalue weighted by atomic mass is 10.1. The highest BCUT2D eigenvalue weighted by molar-refractivity contribution is 5.94. The minimum atomic E-state index is -0.00758. The molecule has 1 fully saturated rings. The maximum absolute atomic E-state index is 12.7. The number of hydrogen-bond donors (Lipinski definition) is 0. The zero-order valence-corrected chi connectivity index (χ0v) is 15.3. The fourth-order valence-electron chi connectivity index (χ4n) is 3.39. The van der Waals surface area contributed by atoms with Crippen LogP contribution in [0.25, 0.3) is 5.78 Å². The lowest BCUT2D eigenvalue weighted by Crippen LogP contribution is -2.49. The average Bonchev–Trinajstić information content (AvgIpc) is 3.09. The first kappa shape index (κ1) is 17.0. The van der Waals surface area contributed by atoms with Crippen molar-refractivity contribution in [1.82, 2.24) is 24.5 Å². The minimum Gasteiger partial charge on any atom is -0.353 e. The van der Waals surface area contributed by atoms with E-state index in [1.807, 2.05) is 29.2 Å². The molecule has 2 aromatic heterocycles. The summed E-state index contributed by atoms with van der Waals surface area (Å²) in [5.74, 6) is 2.27. The van der Waals surface area contributed by atoms with Crippen LogP contribution in [-0.2, 0) is 0 Å². The molecule has 1 aliphatic heterocycles. The number of nitrogens with zero attached hydrogens (tertiary/aromatic N) is 7. The molecule has 1 amide bonds. The topological polar surface area (TPSA) is 90.4 Å². The molecule has 3 heterocycles. The molecule has 8 nitrogen and oxygen atoms in total. The number of hydrogen-bond acceptors (Lipinski definition) is 6. The molecule has 3 aromatic rings. The third-order valence-electron chi connectivity index (χ3n) is 4.86. The molecule has 1 aliphatic rings. The standard InChI is InChI=1S/C19H19N7O/c1-13-11-17(21-19-23-22-14(2)26(13)19)24-7-9-25(10-8-24)18(27)16-5-3-15(12-20)4-6-16/h3-6,11H,7-10H2,1-2H3. The van der Waals surface area contributed by atoms with Crippen LogP contribution in [0.5, 0.6) is 0 Å². The van der Waals surface area contributed by atoms with Crippen molar-refractivity contribution in [1.29, 1.82) is 5.26 Å². The molecule has 0 radical (unpaired) electrons. The molecule has 1 aromatic carbocycles. The van der Waals surface area contributed by atoms with E-state index in [-0.39, 0.29) is 5.91 Å². The maximum atomic E-state index is 12.7. The molecule has 0 saturated carbocycles. The Balaban J connectivity index is 1.47. The Morgan fingerprint density at radius 1 is 1.07 bits per heavy atom. The van der Waals surface area contributed by atoms with Crippen LogP contribution in [0.3, 0.4) is 0 Å². The lowest BCUT2D eigenvalue weighted by Gasteiger charge is -2.35. The Morgan fingerprint density at radius 2 is 1.78 bits per heavy atom. The number of carbonyl (C=O) groups is 1. The van der Waals surface area contributed by atoms with Crippen LogP contribution in [0, 0.1) is 25.2 Å². The summed E-state index contributed by atoms with van der Waals surface area (Å²) in [6.45, 7) is 6.57. The van der Waals surface area contributed by atoms with Crippen molar-refractivity contribution in [2.75, 3.05) is 31.1 Å². The number of carbonyl (C=O) groups excluding carboxylic acids is 1. The van der Waals surface area contributed by atoms with Crippen molar-refractivity contribution in [2.24, 2.45) is 0 Å². The molecule has 4 rings (SSSR count). The maximum Gasteiger partial charge on any atom is 0.257 e. The molecule has 0 spiro atoms. The van der Waals surface area contributed by atoms with E-state index in [2.05, 4.69) is 26.2 Å². The molecule has 0 N–H and O–H groups in total. The van der Waals surface area contributed by atoms with Crippen LogP contribution < -0.4 is 4.90 Å². The van der Waals surface area contributed by atoms with Crippen LogP contribution in [0.1, 0.15) is 27.4 Å². The van der Waals surface area contributed by atoms with Crippen LogP contribution in [0.4, 0.5) is 5.82 Å². The van der Waals surface area contributed by atoms with Gasteiger partial charge in [-0.25, -0.2) is 0 Å². The molecule has 0 unspecified atom stereocenters. The van der Waals surface area contributed by atoms with E-state index in [1.54, 1.807) is 24.3 Å². The Hall–Kier alpha value is -3.47. The van der Waals surface area contributed by atoms with Crippen molar-refractivity contribution in [2.45, 2.75) is 13.8 Å². The molecule has 0 atom stereocenters. The number of benzene rings is 1. The zero-order valence-electron chi connectivity index (χ0n) is 15.3. The predicted molar refractivity (Wildman–Crippen MR) is 99.5 cm³/mol. The number of amides is 1. The number of nitriles is 1. The van der Waals surface area contributed by atoms with E-state index in [4.69, 9.17) is 5.26 Å². The summed E-state index contributed by atoms with van der Waals surface area (Å²) < 4.78 is 1.92. The van der Waals surface area contributed by atoms with Crippen LogP contribution in [0.15, 0.2) is 30.3 Å². The van der Waals surface area contributed by atoms with Gasteiger partial charge in [0.25, 0.3) is 11.7 Å². The normalized spacial score (nSPS) is 14.4. The van der Waals surface area contributed by atoms with E-state index >= 15 is 0 Å². The summed E-state index contributed by atoms with van der Waals surface area (Å²) in [6, 6.07) is 10.9. The molecule has 27 heavy (non-hydrogen) atoms. The summed E-state index contributed by atoms with van der Waals surface area (Å²) in [5.41, 5.74) is 2.20. The van der Waals surface area contributed by atoms with Gasteiger partial charge in [0, 0.05) is 43.5 Å². The van der Waals surface area contributed by atoms with Gasteiger partial charge < -0.3 is 9.80 Å². The molecule has 1 saturated heterocycles. The predicted octanol–water partition coefficient (Wildman–Crippen LogP) is 1.58. The van der Waals surface area contributed by atoms with Crippen LogP contribution >= 0.6 is 0 Å². The highest BCUT2D eigenvalue weighted by atomic mass is 16.2. The number of aromatic nitrogens is 4. The third kappa shape index (κ3) is 3.08. The van der Waals surface area contributed by atoms with E-state index < -0.39 is 0 Å². The number of fused-ring (bicyclic) bond motifs is 1. The summed E-state index contributed by atoms with van der Waals surface area (Å²) in [6.07, 6.45) is 0. The van der Waals surface area contributed by atoms with Gasteiger partial charge in [-0.15, -0.1) is 10.2 Å². The summed E-state index contributed by atoms with van der Waals surface area (Å²) in [5, 5.41) is 17.1. The number of piperazine rings is 1. The van der Waals surface area contributed by atoms with Crippen molar-refractivity contribution in [3.8, 4) is 6.07 Å². The smallest absolute Gasteiger partial charge is 0.257 e. The first-order valence-electron chi connectivity index (χ1n) is 8.80. The summed E-state index contributed by atoms with van der Waals surface area (Å²) in [4.78, 5) is 21.3. The fourth-order valence-corrected chi connectivity index (χ4v) is 3.39. The van der Waals surface area contributed by atoms with E-state index in [0.717, 1.165) is 17.3 Å². The Morgan fingerprint density at radius 3 is 2.44 bits per heavy atom. The van der Waals surface area contributed by atoms with E-state index in [9.17, 15) is 4.79 Å². The fraction of sp³-hybridized carbons (Fsp3) is 0.316. The molecule has 136 valence electrons. The van der Waals surface area contributed by atoms with Crippen molar-refractivity contribution in [3.05, 3.63) is 53.0 Å². The quantitative estimate of drug-likeness (QED) is 0.688. The first-order valence-corrected chi connectivity index (χ1v) is 8.80.